The number of rotatable bonds is 1. The summed E-state index contributed by atoms with van der Waals surface area (Å²) in [5.74, 6) is 0. The van der Waals surface area contributed by atoms with Crippen LogP contribution in [0.1, 0.15) is 41.0 Å². The Hall–Kier alpha value is -1.24. The molecular weight excluding hydrogens is 368 g/mol. The van der Waals surface area contributed by atoms with Crippen LogP contribution in [0.2, 0.25) is 0 Å². The first kappa shape index (κ1) is 19.8. The van der Waals surface area contributed by atoms with Gasteiger partial charge in [0, 0.05) is 0 Å². The van der Waals surface area contributed by atoms with Crippen LogP contribution >= 0.6 is 0 Å². The van der Waals surface area contributed by atoms with Gasteiger partial charge in [-0.15, -0.1) is 0 Å². The van der Waals surface area contributed by atoms with Crippen molar-refractivity contribution < 1.29 is 42.4 Å². The molecule has 0 saturated carbocycles. The third-order valence-electron chi connectivity index (χ3n) is 4.48. The van der Waals surface area contributed by atoms with Crippen LogP contribution in [0.5, 0.6) is 0 Å². The summed E-state index contributed by atoms with van der Waals surface area (Å²) in [4.78, 5) is 31.3. The van der Waals surface area contributed by atoms with Crippen LogP contribution in [0, 0.1) is 5.41 Å². The van der Waals surface area contributed by atoms with E-state index < -0.39 is 11.8 Å². The van der Waals surface area contributed by atoms with Crippen molar-refractivity contribution in [1.82, 2.24) is 0 Å². The second kappa shape index (κ2) is 7.56. The van der Waals surface area contributed by atoms with E-state index in [2.05, 4.69) is 50.9 Å². The van der Waals surface area contributed by atoms with Gasteiger partial charge in [-0.25, -0.2) is 0 Å². The SMILES string of the molecule is CC1=C(C)C(C)(C)[C]([Cr])=C1C.O=[C]=[Cr](=[C]=O)(=[C]=O)[C]1=CC=CC1. The number of allylic oxidation sites excluding steroid dienone is 8. The van der Waals surface area contributed by atoms with Crippen molar-refractivity contribution in [2.45, 2.75) is 41.0 Å². The van der Waals surface area contributed by atoms with E-state index >= 15 is 0 Å². The van der Waals surface area contributed by atoms with Crippen molar-refractivity contribution in [3.05, 3.63) is 43.8 Å². The summed E-state index contributed by atoms with van der Waals surface area (Å²) in [6, 6.07) is 0. The number of hydrogen-bond acceptors (Lipinski definition) is 3. The van der Waals surface area contributed by atoms with E-state index in [4.69, 9.17) is 0 Å². The van der Waals surface area contributed by atoms with Gasteiger partial charge in [-0.2, -0.15) is 0 Å². The molecule has 0 fully saturated rings. The Kier molecular flexibility index (Phi) is 6.51. The normalized spacial score (nSPS) is 18.7. The molecule has 0 amide bonds. The van der Waals surface area contributed by atoms with Crippen LogP contribution in [0.3, 0.4) is 0 Å². The number of hydrogen-bond donors (Lipinski definition) is 0. The van der Waals surface area contributed by atoms with Crippen molar-refractivity contribution >= 4 is 14.2 Å². The van der Waals surface area contributed by atoms with E-state index in [1.807, 2.05) is 0 Å². The Morgan fingerprint density at radius 1 is 1.04 bits per heavy atom. The molecular formula is C18H20Cr2O3. The minimum atomic E-state index is -3.59. The molecule has 0 aromatic carbocycles. The predicted molar refractivity (Wildman–Crippen MR) is 83.8 cm³/mol. The molecule has 0 atom stereocenters. The van der Waals surface area contributed by atoms with E-state index in [1.165, 1.54) is 35.4 Å². The molecule has 3 nitrogen and oxygen atoms in total. The molecule has 23 heavy (non-hydrogen) atoms. The summed E-state index contributed by atoms with van der Waals surface area (Å²) in [5, 5.41) is 0. The van der Waals surface area contributed by atoms with Gasteiger partial charge in [0.15, 0.2) is 0 Å². The van der Waals surface area contributed by atoms with Crippen molar-refractivity contribution in [2.75, 3.05) is 0 Å². The van der Waals surface area contributed by atoms with Gasteiger partial charge < -0.3 is 0 Å². The first-order chi connectivity index (χ1) is 10.7. The molecule has 0 radical (unpaired) electrons. The molecule has 0 heterocycles. The van der Waals surface area contributed by atoms with Gasteiger partial charge in [-0.1, -0.05) is 0 Å². The van der Waals surface area contributed by atoms with Crippen molar-refractivity contribution in [2.24, 2.45) is 5.41 Å². The Balaban J connectivity index is 0.000000231. The fourth-order valence-electron chi connectivity index (χ4n) is 2.43. The molecule has 2 aliphatic rings. The Bertz CT molecular complexity index is 836. The molecule has 0 aliphatic heterocycles. The average Bonchev–Trinajstić information content (AvgIpc) is 3.13. The third-order valence-corrected chi connectivity index (χ3v) is 8.62. The maximum absolute atomic E-state index is 10.4. The molecule has 2 aliphatic carbocycles. The van der Waals surface area contributed by atoms with Gasteiger partial charge in [0.1, 0.15) is 0 Å². The van der Waals surface area contributed by atoms with Gasteiger partial charge in [-0.05, 0) is 0 Å². The summed E-state index contributed by atoms with van der Waals surface area (Å²) in [6.07, 6.45) is 5.54. The first-order valence-electron chi connectivity index (χ1n) is 7.10. The van der Waals surface area contributed by atoms with Crippen molar-refractivity contribution in [1.29, 1.82) is 0 Å². The molecule has 2 rings (SSSR count). The van der Waals surface area contributed by atoms with Crippen LogP contribution in [0.25, 0.3) is 0 Å². The molecule has 0 spiro atoms. The average molecular weight is 388 g/mol. The molecule has 0 aromatic rings. The summed E-state index contributed by atoms with van der Waals surface area (Å²) in [5.41, 5.74) is 4.66. The van der Waals surface area contributed by atoms with Crippen LogP contribution in [-0.4, -0.2) is 14.2 Å². The standard InChI is InChI=1S/C10H15.C5H5.3CO.2Cr/c1-7-6-10(4,5)9(3)8(7)2;1-2-4-5-3-1;3*1-2;;/h1-5H3;1-3H,4H2;;;;;. The van der Waals surface area contributed by atoms with Crippen molar-refractivity contribution in [3.8, 4) is 0 Å². The van der Waals surface area contributed by atoms with Crippen molar-refractivity contribution in [3.63, 3.8) is 0 Å². The molecule has 0 saturated heterocycles. The fraction of sp³-hybridized carbons (Fsp3) is 0.389. The number of carbonyl (C=O) groups excluding carboxylic acids is 3. The second-order valence-corrected chi connectivity index (χ2v) is 10.1. The van der Waals surface area contributed by atoms with E-state index in [0.29, 0.717) is 10.9 Å². The maximum atomic E-state index is 10.4. The predicted octanol–water partition coefficient (Wildman–Crippen LogP) is 3.37. The molecule has 0 unspecified atom stereocenters. The quantitative estimate of drug-likeness (QED) is 0.692. The summed E-state index contributed by atoms with van der Waals surface area (Å²) < 4.78 is 6.47. The van der Waals surface area contributed by atoms with Crippen LogP contribution in [0.15, 0.2) is 43.8 Å². The second-order valence-electron chi connectivity index (χ2n) is 5.96. The summed E-state index contributed by atoms with van der Waals surface area (Å²) in [6.45, 7) is 11.2. The van der Waals surface area contributed by atoms with Gasteiger partial charge in [0.25, 0.3) is 0 Å². The van der Waals surface area contributed by atoms with Crippen LogP contribution < -0.4 is 0 Å². The van der Waals surface area contributed by atoms with Gasteiger partial charge in [0.2, 0.25) is 0 Å². The topological polar surface area (TPSA) is 51.2 Å². The molecule has 0 aromatic heterocycles. The molecule has 0 N–H and O–H groups in total. The summed E-state index contributed by atoms with van der Waals surface area (Å²) >= 11 is -0.411. The Morgan fingerprint density at radius 2 is 1.57 bits per heavy atom. The Labute approximate surface area is 146 Å². The van der Waals surface area contributed by atoms with Gasteiger partial charge in [-0.3, -0.25) is 0 Å². The molecule has 5 heteroatoms. The molecule has 0 bridgehead atoms. The zero-order chi connectivity index (χ0) is 17.8. The van der Waals surface area contributed by atoms with E-state index in [9.17, 15) is 14.4 Å². The fourth-order valence-corrected chi connectivity index (χ4v) is 4.55. The van der Waals surface area contributed by atoms with E-state index in [1.54, 1.807) is 18.2 Å². The monoisotopic (exact) mass is 388 g/mol. The van der Waals surface area contributed by atoms with Crippen LogP contribution in [-0.2, 0) is 42.4 Å². The van der Waals surface area contributed by atoms with Gasteiger partial charge in [0.05, 0.1) is 0 Å². The summed E-state index contributed by atoms with van der Waals surface area (Å²) in [7, 11) is 0. The van der Waals surface area contributed by atoms with Gasteiger partial charge >= 0.3 is 147 Å². The Morgan fingerprint density at radius 3 is 1.78 bits per heavy atom. The van der Waals surface area contributed by atoms with E-state index in [-0.39, 0.29) is 5.41 Å². The first-order valence-corrected chi connectivity index (χ1v) is 10.3. The van der Waals surface area contributed by atoms with Crippen LogP contribution in [0.4, 0.5) is 0 Å². The minimum absolute atomic E-state index is 0.258. The third kappa shape index (κ3) is 3.65. The molecule has 122 valence electrons. The zero-order valence-corrected chi connectivity index (χ0v) is 16.5. The zero-order valence-electron chi connectivity index (χ0n) is 14.0. The van der Waals surface area contributed by atoms with E-state index in [0.717, 1.165) is 0 Å².